The van der Waals surface area contributed by atoms with Crippen LogP contribution in [-0.4, -0.2) is 41.7 Å². The number of anilines is 1. The summed E-state index contributed by atoms with van der Waals surface area (Å²) in [4.78, 5) is 50.6. The van der Waals surface area contributed by atoms with Crippen LogP contribution in [0.5, 0.6) is 0 Å². The molecule has 3 fully saturated rings. The van der Waals surface area contributed by atoms with E-state index in [1.807, 2.05) is 0 Å². The van der Waals surface area contributed by atoms with Gasteiger partial charge in [0, 0.05) is 5.69 Å². The van der Waals surface area contributed by atoms with Gasteiger partial charge < -0.3 is 10.1 Å². The van der Waals surface area contributed by atoms with Gasteiger partial charge in [0.05, 0.1) is 11.8 Å². The number of ether oxygens (including phenoxy) is 1. The van der Waals surface area contributed by atoms with Crippen molar-refractivity contribution in [2.45, 2.75) is 6.42 Å². The molecule has 6 atom stereocenters. The molecular formula is C21H19FN2O5. The fourth-order valence-electron chi connectivity index (χ4n) is 5.23. The fourth-order valence-corrected chi connectivity index (χ4v) is 5.23. The van der Waals surface area contributed by atoms with E-state index in [0.717, 1.165) is 11.3 Å². The van der Waals surface area contributed by atoms with E-state index in [0.29, 0.717) is 17.5 Å². The molecule has 4 aliphatic carbocycles. The van der Waals surface area contributed by atoms with Crippen molar-refractivity contribution in [2.24, 2.45) is 35.5 Å². The number of halogens is 1. The van der Waals surface area contributed by atoms with Crippen molar-refractivity contribution in [3.63, 3.8) is 0 Å². The number of esters is 1. The van der Waals surface area contributed by atoms with Crippen molar-refractivity contribution < 1.29 is 28.3 Å². The van der Waals surface area contributed by atoms with Crippen LogP contribution in [0.25, 0.3) is 0 Å². The van der Waals surface area contributed by atoms with Gasteiger partial charge in [-0.3, -0.25) is 24.1 Å². The minimum atomic E-state index is -0.815. The van der Waals surface area contributed by atoms with Crippen LogP contribution in [0, 0.1) is 41.3 Å². The first kappa shape index (κ1) is 18.0. The van der Waals surface area contributed by atoms with Crippen LogP contribution >= 0.6 is 0 Å². The third kappa shape index (κ3) is 2.94. The van der Waals surface area contributed by atoms with Crippen LogP contribution in [0.15, 0.2) is 36.4 Å². The second kappa shape index (κ2) is 6.50. The molecule has 6 rings (SSSR count). The minimum absolute atomic E-state index is 0.0916. The van der Waals surface area contributed by atoms with E-state index >= 15 is 0 Å². The molecular weight excluding hydrogens is 379 g/mol. The lowest BCUT2D eigenvalue weighted by molar-refractivity contribution is -0.154. The van der Waals surface area contributed by atoms with E-state index in [1.54, 1.807) is 0 Å². The third-order valence-corrected chi connectivity index (χ3v) is 6.53. The summed E-state index contributed by atoms with van der Waals surface area (Å²) in [7, 11) is 0. The van der Waals surface area contributed by atoms with E-state index < -0.39 is 30.8 Å². The van der Waals surface area contributed by atoms with Crippen molar-refractivity contribution in [1.82, 2.24) is 4.90 Å². The number of carbonyl (C=O) groups excluding carboxylic acids is 4. The Morgan fingerprint density at radius 1 is 1.03 bits per heavy atom. The smallest absolute Gasteiger partial charge is 0.326 e. The van der Waals surface area contributed by atoms with Crippen LogP contribution in [0.1, 0.15) is 6.42 Å². The molecule has 7 nitrogen and oxygen atoms in total. The molecule has 150 valence electrons. The summed E-state index contributed by atoms with van der Waals surface area (Å²) in [5, 5.41) is 2.47. The molecule has 2 bridgehead atoms. The lowest BCUT2D eigenvalue weighted by atomic mass is 9.63. The second-order valence-electron chi connectivity index (χ2n) is 8.13. The molecule has 0 radical (unpaired) electrons. The number of likely N-dealkylation sites (tertiary alicyclic amines) is 1. The molecule has 3 amide bonds. The summed E-state index contributed by atoms with van der Waals surface area (Å²) >= 11 is 0. The highest BCUT2D eigenvalue weighted by Crippen LogP contribution is 2.65. The van der Waals surface area contributed by atoms with Gasteiger partial charge in [0.1, 0.15) is 12.4 Å². The van der Waals surface area contributed by atoms with Gasteiger partial charge >= 0.3 is 5.97 Å². The lowest BCUT2D eigenvalue weighted by Gasteiger charge is -2.37. The van der Waals surface area contributed by atoms with Gasteiger partial charge in [-0.05, 0) is 54.4 Å². The summed E-state index contributed by atoms with van der Waals surface area (Å²) in [5.41, 5.74) is 0.364. The summed E-state index contributed by atoms with van der Waals surface area (Å²) in [6, 6.07) is 5.14. The van der Waals surface area contributed by atoms with E-state index in [1.165, 1.54) is 24.3 Å². The van der Waals surface area contributed by atoms with Gasteiger partial charge in [-0.2, -0.15) is 0 Å². The number of nitrogens with zero attached hydrogens (tertiary/aromatic N) is 1. The third-order valence-electron chi connectivity index (χ3n) is 6.53. The first-order chi connectivity index (χ1) is 13.9. The second-order valence-corrected chi connectivity index (χ2v) is 8.13. The highest BCUT2D eigenvalue weighted by molar-refractivity contribution is 6.08. The molecule has 1 N–H and O–H groups in total. The average molecular weight is 398 g/mol. The molecule has 1 aromatic rings. The normalized spacial score (nSPS) is 33.3. The molecule has 0 unspecified atom stereocenters. The molecule has 8 heteroatoms. The summed E-state index contributed by atoms with van der Waals surface area (Å²) in [6.07, 6.45) is 5.20. The van der Waals surface area contributed by atoms with Gasteiger partial charge in [0.15, 0.2) is 6.61 Å². The molecule has 1 aliphatic heterocycles. The maximum atomic E-state index is 12.9. The van der Waals surface area contributed by atoms with Crippen molar-refractivity contribution in [2.75, 3.05) is 18.5 Å². The topological polar surface area (TPSA) is 92.8 Å². The number of nitrogens with one attached hydrogen (secondary N) is 1. The number of rotatable bonds is 5. The quantitative estimate of drug-likeness (QED) is 0.459. The summed E-state index contributed by atoms with van der Waals surface area (Å²) in [5.74, 6) is -2.03. The number of carbonyl (C=O) groups is 4. The summed E-state index contributed by atoms with van der Waals surface area (Å²) < 4.78 is 17.8. The number of allylic oxidation sites excluding steroid dienone is 2. The first-order valence-corrected chi connectivity index (χ1v) is 9.68. The van der Waals surface area contributed by atoms with Crippen molar-refractivity contribution in [3.8, 4) is 0 Å². The van der Waals surface area contributed by atoms with E-state index in [-0.39, 0.29) is 35.5 Å². The zero-order valence-electron chi connectivity index (χ0n) is 15.4. The monoisotopic (exact) mass is 398 g/mol. The predicted octanol–water partition coefficient (Wildman–Crippen LogP) is 1.36. The Balaban J connectivity index is 1.16. The zero-order valence-corrected chi connectivity index (χ0v) is 15.4. The van der Waals surface area contributed by atoms with E-state index in [4.69, 9.17) is 4.74 Å². The Bertz CT molecular complexity index is 907. The minimum Gasteiger partial charge on any atom is -0.454 e. The molecule has 0 aromatic heterocycles. The van der Waals surface area contributed by atoms with E-state index in [9.17, 15) is 23.6 Å². The standard InChI is InChI=1S/C21H19FN2O5/c22-10-1-3-11(4-2-10)23-16(25)9-29-17(26)8-24-20(27)18-12-5-6-13(15-7-14(12)15)19(18)21(24)28/h1-6,12-15,18-19H,7-9H2,(H,23,25)/t12-,13-,14-,15+,18+,19+/m0/s1. The molecule has 2 saturated carbocycles. The number of amides is 3. The Kier molecular flexibility index (Phi) is 4.04. The van der Waals surface area contributed by atoms with Crippen LogP contribution in [0.4, 0.5) is 10.1 Å². The Hall–Kier alpha value is -3.03. The molecule has 1 saturated heterocycles. The van der Waals surface area contributed by atoms with Gasteiger partial charge in [-0.15, -0.1) is 0 Å². The van der Waals surface area contributed by atoms with Gasteiger partial charge in [0.2, 0.25) is 11.8 Å². The lowest BCUT2D eigenvalue weighted by Crippen LogP contribution is -2.40. The van der Waals surface area contributed by atoms with Crippen molar-refractivity contribution >= 4 is 29.4 Å². The Morgan fingerprint density at radius 2 is 1.62 bits per heavy atom. The largest absolute Gasteiger partial charge is 0.454 e. The fraction of sp³-hybridized carbons (Fsp3) is 0.429. The van der Waals surface area contributed by atoms with Gasteiger partial charge in [-0.1, -0.05) is 12.2 Å². The maximum Gasteiger partial charge on any atom is 0.326 e. The molecule has 29 heavy (non-hydrogen) atoms. The van der Waals surface area contributed by atoms with Crippen LogP contribution in [0.3, 0.4) is 0 Å². The first-order valence-electron chi connectivity index (χ1n) is 9.68. The number of benzene rings is 1. The molecule has 1 heterocycles. The summed E-state index contributed by atoms with van der Waals surface area (Å²) in [6.45, 7) is -1.04. The molecule has 5 aliphatic rings. The zero-order chi connectivity index (χ0) is 20.3. The van der Waals surface area contributed by atoms with Crippen LogP contribution in [0.2, 0.25) is 0 Å². The van der Waals surface area contributed by atoms with Crippen LogP contribution < -0.4 is 5.32 Å². The Labute approximate surface area is 165 Å². The maximum absolute atomic E-state index is 12.9. The van der Waals surface area contributed by atoms with Crippen LogP contribution in [-0.2, 0) is 23.9 Å². The number of hydrogen-bond acceptors (Lipinski definition) is 5. The predicted molar refractivity (Wildman–Crippen MR) is 97.4 cm³/mol. The van der Waals surface area contributed by atoms with E-state index in [2.05, 4.69) is 17.5 Å². The van der Waals surface area contributed by atoms with Crippen molar-refractivity contribution in [1.29, 1.82) is 0 Å². The van der Waals surface area contributed by atoms with Gasteiger partial charge in [-0.25, -0.2) is 4.39 Å². The number of imide groups is 1. The van der Waals surface area contributed by atoms with Gasteiger partial charge in [0.25, 0.3) is 5.91 Å². The Morgan fingerprint density at radius 3 is 2.21 bits per heavy atom. The highest BCUT2D eigenvalue weighted by atomic mass is 19.1. The molecule has 1 aromatic carbocycles. The average Bonchev–Trinajstić information content (AvgIpc) is 3.49. The van der Waals surface area contributed by atoms with Crippen molar-refractivity contribution in [3.05, 3.63) is 42.2 Å². The SMILES string of the molecule is O=C(COC(=O)CN1C(=O)[C@@H]2[C@H]3C=C[C@@H]([C@@H]4C[C@H]34)[C@H]2C1=O)Nc1ccc(F)cc1. The number of hydrogen-bond donors (Lipinski definition) is 1. The molecule has 0 spiro atoms. The highest BCUT2D eigenvalue weighted by Gasteiger charge is 2.67.